The molecule has 29 heavy (non-hydrogen) atoms. The lowest BCUT2D eigenvalue weighted by molar-refractivity contribution is -0.126. The number of benzene rings is 1. The van der Waals surface area contributed by atoms with Gasteiger partial charge in [0.15, 0.2) is 11.5 Å². The molecule has 2 amide bonds. The number of nitrogens with one attached hydrogen (secondary N) is 1. The molecule has 0 saturated carbocycles. The van der Waals surface area contributed by atoms with Crippen molar-refractivity contribution in [1.82, 2.24) is 10.2 Å². The van der Waals surface area contributed by atoms with Crippen LogP contribution in [-0.2, 0) is 9.59 Å². The molecule has 2 aromatic rings. The van der Waals surface area contributed by atoms with Crippen LogP contribution in [0.1, 0.15) is 18.0 Å². The predicted octanol–water partition coefficient (Wildman–Crippen LogP) is 2.29. The average molecular weight is 416 g/mol. The van der Waals surface area contributed by atoms with Gasteiger partial charge in [-0.1, -0.05) is 0 Å². The van der Waals surface area contributed by atoms with E-state index in [4.69, 9.17) is 9.47 Å². The van der Waals surface area contributed by atoms with Gasteiger partial charge in [0.05, 0.1) is 12.0 Å². The summed E-state index contributed by atoms with van der Waals surface area (Å²) in [6.07, 6.45) is 0.214. The molecule has 1 saturated heterocycles. The molecule has 154 valence electrons. The molecule has 1 N–H and O–H groups in total. The number of carbonyl (C=O) groups is 2. The summed E-state index contributed by atoms with van der Waals surface area (Å²) in [6.45, 7) is 1.90. The largest absolute Gasteiger partial charge is 0.486 e. The van der Waals surface area contributed by atoms with Crippen molar-refractivity contribution in [3.63, 3.8) is 0 Å². The van der Waals surface area contributed by atoms with Gasteiger partial charge >= 0.3 is 0 Å². The van der Waals surface area contributed by atoms with Gasteiger partial charge in [0.1, 0.15) is 13.2 Å². The lowest BCUT2D eigenvalue weighted by Gasteiger charge is -2.25. The first-order chi connectivity index (χ1) is 14.0. The standard InChI is InChI=1S/C21H25N3O4S/c1-23(2)17(14-5-8-29-13-14)11-22-21(26)15-9-20(25)24(12-15)16-3-4-18-19(10-16)28-7-6-27-18/h3-5,8,10,13,15,17H,6-7,9,11-12H2,1-2H3,(H,22,26). The zero-order valence-electron chi connectivity index (χ0n) is 16.6. The number of carbonyl (C=O) groups excluding carboxylic acids is 2. The average Bonchev–Trinajstić information content (AvgIpc) is 3.37. The summed E-state index contributed by atoms with van der Waals surface area (Å²) in [5.41, 5.74) is 1.92. The number of nitrogens with zero attached hydrogens (tertiary/aromatic N) is 2. The van der Waals surface area contributed by atoms with E-state index >= 15 is 0 Å². The first-order valence-corrected chi connectivity index (χ1v) is 10.6. The first kappa shape index (κ1) is 19.7. The Hall–Kier alpha value is -2.58. The highest BCUT2D eigenvalue weighted by molar-refractivity contribution is 7.07. The maximum absolute atomic E-state index is 12.7. The second-order valence-corrected chi connectivity index (χ2v) is 8.29. The van der Waals surface area contributed by atoms with Crippen LogP contribution in [0.2, 0.25) is 0 Å². The third kappa shape index (κ3) is 4.23. The van der Waals surface area contributed by atoms with E-state index in [2.05, 4.69) is 21.7 Å². The molecular formula is C21H25N3O4S. The number of rotatable bonds is 6. The molecule has 1 fully saturated rings. The van der Waals surface area contributed by atoms with Crippen LogP contribution in [0, 0.1) is 5.92 Å². The number of fused-ring (bicyclic) bond motifs is 1. The molecule has 3 heterocycles. The second kappa shape index (κ2) is 8.42. The number of thiophene rings is 1. The molecule has 2 aliphatic rings. The van der Waals surface area contributed by atoms with E-state index < -0.39 is 0 Å². The van der Waals surface area contributed by atoms with Crippen molar-refractivity contribution in [1.29, 1.82) is 0 Å². The van der Waals surface area contributed by atoms with Crippen LogP contribution in [0.4, 0.5) is 5.69 Å². The Balaban J connectivity index is 1.39. The number of hydrogen-bond donors (Lipinski definition) is 1. The molecule has 4 rings (SSSR count). The third-order valence-electron chi connectivity index (χ3n) is 5.35. The monoisotopic (exact) mass is 415 g/mol. The van der Waals surface area contributed by atoms with Crippen molar-refractivity contribution < 1.29 is 19.1 Å². The van der Waals surface area contributed by atoms with Gasteiger partial charge in [-0.2, -0.15) is 11.3 Å². The van der Waals surface area contributed by atoms with Crippen molar-refractivity contribution >= 4 is 28.8 Å². The molecule has 0 spiro atoms. The van der Waals surface area contributed by atoms with Crippen LogP contribution in [0.5, 0.6) is 11.5 Å². The van der Waals surface area contributed by atoms with Crippen molar-refractivity contribution in [2.45, 2.75) is 12.5 Å². The van der Waals surface area contributed by atoms with Gasteiger partial charge in [-0.25, -0.2) is 0 Å². The summed E-state index contributed by atoms with van der Waals surface area (Å²) < 4.78 is 11.1. The first-order valence-electron chi connectivity index (χ1n) is 9.69. The molecule has 0 radical (unpaired) electrons. The molecule has 0 bridgehead atoms. The maximum Gasteiger partial charge on any atom is 0.227 e. The third-order valence-corrected chi connectivity index (χ3v) is 6.06. The maximum atomic E-state index is 12.7. The van der Waals surface area contributed by atoms with Gasteiger partial charge in [-0.05, 0) is 48.6 Å². The molecule has 2 aliphatic heterocycles. The van der Waals surface area contributed by atoms with Crippen molar-refractivity contribution in [3.8, 4) is 11.5 Å². The van der Waals surface area contributed by atoms with E-state index in [9.17, 15) is 9.59 Å². The summed E-state index contributed by atoms with van der Waals surface area (Å²) in [5, 5.41) is 7.17. The Morgan fingerprint density at radius 1 is 1.28 bits per heavy atom. The predicted molar refractivity (Wildman–Crippen MR) is 112 cm³/mol. The van der Waals surface area contributed by atoms with E-state index in [1.807, 2.05) is 37.7 Å². The number of hydrogen-bond acceptors (Lipinski definition) is 6. The van der Waals surface area contributed by atoms with Gasteiger partial charge in [-0.15, -0.1) is 0 Å². The highest BCUT2D eigenvalue weighted by atomic mass is 32.1. The molecule has 1 aromatic heterocycles. The van der Waals surface area contributed by atoms with Crippen LogP contribution in [0.3, 0.4) is 0 Å². The summed E-state index contributed by atoms with van der Waals surface area (Å²) in [4.78, 5) is 29.0. The van der Waals surface area contributed by atoms with E-state index in [1.165, 1.54) is 5.56 Å². The van der Waals surface area contributed by atoms with Gasteiger partial charge in [0, 0.05) is 31.3 Å². The molecule has 2 atom stereocenters. The van der Waals surface area contributed by atoms with Crippen LogP contribution < -0.4 is 19.7 Å². The van der Waals surface area contributed by atoms with Gasteiger partial charge in [-0.3, -0.25) is 9.59 Å². The zero-order chi connectivity index (χ0) is 20.4. The number of amides is 2. The van der Waals surface area contributed by atoms with Crippen LogP contribution in [0.15, 0.2) is 35.0 Å². The minimum absolute atomic E-state index is 0.0520. The van der Waals surface area contributed by atoms with E-state index in [0.717, 1.165) is 5.69 Å². The van der Waals surface area contributed by atoms with Crippen molar-refractivity contribution in [2.24, 2.45) is 5.92 Å². The van der Waals surface area contributed by atoms with Crippen LogP contribution in [-0.4, -0.2) is 57.1 Å². The summed E-state index contributed by atoms with van der Waals surface area (Å²) >= 11 is 1.64. The van der Waals surface area contributed by atoms with Crippen LogP contribution in [0.25, 0.3) is 0 Å². The summed E-state index contributed by atoms with van der Waals surface area (Å²) in [5.74, 6) is 0.827. The molecule has 8 heteroatoms. The van der Waals surface area contributed by atoms with Gasteiger partial charge in [0.2, 0.25) is 11.8 Å². The Morgan fingerprint density at radius 2 is 2.07 bits per heavy atom. The molecule has 7 nitrogen and oxygen atoms in total. The quantitative estimate of drug-likeness (QED) is 0.784. The topological polar surface area (TPSA) is 71.1 Å². The molecular weight excluding hydrogens is 390 g/mol. The normalized spacial score (nSPS) is 19.5. The number of anilines is 1. The SMILES string of the molecule is CN(C)C(CNC(=O)C1CC(=O)N(c2ccc3c(c2)OCCO3)C1)c1ccsc1. The highest BCUT2D eigenvalue weighted by Gasteiger charge is 2.35. The lowest BCUT2D eigenvalue weighted by Crippen LogP contribution is -2.38. The molecule has 1 aromatic carbocycles. The summed E-state index contributed by atoms with van der Waals surface area (Å²) in [6, 6.07) is 7.64. The Morgan fingerprint density at radius 3 is 2.79 bits per heavy atom. The number of likely N-dealkylation sites (N-methyl/N-ethyl adjacent to an activating group) is 1. The van der Waals surface area contributed by atoms with Crippen LogP contribution >= 0.6 is 11.3 Å². The Labute approximate surface area is 174 Å². The lowest BCUT2D eigenvalue weighted by atomic mass is 10.1. The van der Waals surface area contributed by atoms with Gasteiger partial charge in [0.25, 0.3) is 0 Å². The summed E-state index contributed by atoms with van der Waals surface area (Å²) in [7, 11) is 3.99. The fraction of sp³-hybridized carbons (Fsp3) is 0.429. The Kier molecular flexibility index (Phi) is 5.73. The van der Waals surface area contributed by atoms with Crippen molar-refractivity contribution in [2.75, 3.05) is 45.3 Å². The minimum atomic E-state index is -0.360. The molecule has 2 unspecified atom stereocenters. The van der Waals surface area contributed by atoms with E-state index in [-0.39, 0.29) is 30.2 Å². The van der Waals surface area contributed by atoms with Gasteiger partial charge < -0.3 is 24.6 Å². The Bertz CT molecular complexity index is 884. The second-order valence-electron chi connectivity index (χ2n) is 7.51. The van der Waals surface area contributed by atoms with E-state index in [0.29, 0.717) is 37.8 Å². The minimum Gasteiger partial charge on any atom is -0.486 e. The zero-order valence-corrected chi connectivity index (χ0v) is 17.4. The smallest absolute Gasteiger partial charge is 0.227 e. The van der Waals surface area contributed by atoms with E-state index in [1.54, 1.807) is 16.2 Å². The highest BCUT2D eigenvalue weighted by Crippen LogP contribution is 2.36. The fourth-order valence-corrected chi connectivity index (χ4v) is 4.44. The molecule has 0 aliphatic carbocycles. The van der Waals surface area contributed by atoms with Crippen molar-refractivity contribution in [3.05, 3.63) is 40.6 Å². The fourth-order valence-electron chi connectivity index (χ4n) is 3.74. The number of ether oxygens (including phenoxy) is 2.